The largest absolute Gasteiger partial charge is 0.491 e. The Hall–Kier alpha value is -4.04. The minimum absolute atomic E-state index is 0.0292. The topological polar surface area (TPSA) is 129 Å². The summed E-state index contributed by atoms with van der Waals surface area (Å²) in [5.74, 6) is -6.74. The molecule has 1 atom stereocenters. The van der Waals surface area contributed by atoms with Gasteiger partial charge in [0, 0.05) is 54.5 Å². The molecule has 43 heavy (non-hydrogen) atoms. The summed E-state index contributed by atoms with van der Waals surface area (Å²) in [4.78, 5) is 45.9. The Labute approximate surface area is 241 Å². The number of nitrogens with one attached hydrogen (secondary N) is 1. The predicted octanol–water partition coefficient (Wildman–Crippen LogP) is 4.93. The van der Waals surface area contributed by atoms with E-state index in [0.29, 0.717) is 17.7 Å². The zero-order chi connectivity index (χ0) is 31.6. The molecule has 0 fully saturated rings. The van der Waals surface area contributed by atoms with Gasteiger partial charge in [-0.1, -0.05) is 6.07 Å². The second-order valence-electron chi connectivity index (χ2n) is 9.50. The maximum Gasteiger partial charge on any atom is 0.469 e. The van der Waals surface area contributed by atoms with Gasteiger partial charge in [-0.2, -0.15) is 0 Å². The van der Waals surface area contributed by atoms with Crippen LogP contribution in [0.4, 0.5) is 32.4 Å². The van der Waals surface area contributed by atoms with E-state index in [1.54, 1.807) is 6.92 Å². The molecule has 0 unspecified atom stereocenters. The van der Waals surface area contributed by atoms with Crippen LogP contribution in [-0.4, -0.2) is 46.9 Å². The summed E-state index contributed by atoms with van der Waals surface area (Å²) in [6.07, 6.45) is 0. The summed E-state index contributed by atoms with van der Waals surface area (Å²) in [5, 5.41) is 2.33. The van der Waals surface area contributed by atoms with Crippen LogP contribution in [0.3, 0.4) is 0 Å². The SMILES string of the molecule is C[C@H]1c2ccc(C(=O)NCc3c(F)cc(F)cc3F)cc2N(Cc2c(F)cc(OCCOP(=O)(O)O)cc2F)C(=O)N1C. The van der Waals surface area contributed by atoms with Crippen molar-refractivity contribution in [1.29, 1.82) is 0 Å². The first-order valence-electron chi connectivity index (χ1n) is 12.6. The number of hydrogen-bond acceptors (Lipinski definition) is 5. The monoisotopic (exact) mass is 629 g/mol. The Bertz CT molecular complexity index is 1570. The van der Waals surface area contributed by atoms with Gasteiger partial charge >= 0.3 is 13.9 Å². The number of hydrogen-bond donors (Lipinski definition) is 3. The summed E-state index contributed by atoms with van der Waals surface area (Å²) in [5.41, 5.74) is -0.403. The minimum atomic E-state index is -4.75. The third-order valence-corrected chi connectivity index (χ3v) is 7.24. The zero-order valence-corrected chi connectivity index (χ0v) is 23.5. The van der Waals surface area contributed by atoms with E-state index in [0.717, 1.165) is 17.0 Å². The second-order valence-corrected chi connectivity index (χ2v) is 10.7. The molecule has 3 amide bonds. The van der Waals surface area contributed by atoms with Crippen molar-refractivity contribution in [3.05, 3.63) is 93.8 Å². The lowest BCUT2D eigenvalue weighted by molar-refractivity contribution is 0.0950. The third-order valence-electron chi connectivity index (χ3n) is 6.72. The van der Waals surface area contributed by atoms with Gasteiger partial charge in [0.05, 0.1) is 24.9 Å². The van der Waals surface area contributed by atoms with E-state index in [-0.39, 0.29) is 17.0 Å². The zero-order valence-electron chi connectivity index (χ0n) is 22.6. The normalized spacial score (nSPS) is 15.0. The number of fused-ring (bicyclic) bond motifs is 1. The van der Waals surface area contributed by atoms with E-state index in [1.807, 2.05) is 0 Å². The molecule has 3 aromatic rings. The molecule has 1 aliphatic heterocycles. The van der Waals surface area contributed by atoms with E-state index in [1.165, 1.54) is 30.1 Å². The molecule has 0 aliphatic carbocycles. The van der Waals surface area contributed by atoms with Crippen molar-refractivity contribution < 1.29 is 55.2 Å². The first-order valence-corrected chi connectivity index (χ1v) is 14.1. The highest BCUT2D eigenvalue weighted by atomic mass is 31.2. The fourth-order valence-corrected chi connectivity index (χ4v) is 4.70. The van der Waals surface area contributed by atoms with Gasteiger partial charge in [0.2, 0.25) is 0 Å². The molecule has 1 heterocycles. The molecule has 3 aromatic carbocycles. The average molecular weight is 629 g/mol. The van der Waals surface area contributed by atoms with Gasteiger partial charge in [-0.15, -0.1) is 0 Å². The summed E-state index contributed by atoms with van der Waals surface area (Å²) < 4.78 is 91.3. The second kappa shape index (κ2) is 12.7. The van der Waals surface area contributed by atoms with E-state index < -0.39 is 92.3 Å². The van der Waals surface area contributed by atoms with Crippen LogP contribution in [0.2, 0.25) is 0 Å². The molecule has 10 nitrogen and oxygen atoms in total. The van der Waals surface area contributed by atoms with Crippen molar-refractivity contribution >= 4 is 25.4 Å². The highest BCUT2D eigenvalue weighted by Crippen LogP contribution is 2.38. The number of ether oxygens (including phenoxy) is 1. The molecular weight excluding hydrogens is 604 g/mol. The van der Waals surface area contributed by atoms with Gasteiger partial charge in [-0.3, -0.25) is 14.2 Å². The quantitative estimate of drug-likeness (QED) is 0.165. The smallest absolute Gasteiger partial charge is 0.469 e. The van der Waals surface area contributed by atoms with Gasteiger partial charge in [-0.25, -0.2) is 31.3 Å². The fourth-order valence-electron chi connectivity index (χ4n) is 4.39. The van der Waals surface area contributed by atoms with Crippen LogP contribution in [0.1, 0.15) is 40.0 Å². The number of urea groups is 1. The number of phosphoric ester groups is 1. The van der Waals surface area contributed by atoms with E-state index >= 15 is 8.78 Å². The Morgan fingerprint density at radius 2 is 1.56 bits per heavy atom. The van der Waals surface area contributed by atoms with Gasteiger partial charge < -0.3 is 24.7 Å². The molecule has 0 aromatic heterocycles. The van der Waals surface area contributed by atoms with Crippen LogP contribution in [0.15, 0.2) is 42.5 Å². The van der Waals surface area contributed by atoms with Crippen LogP contribution in [0.5, 0.6) is 5.75 Å². The Kier molecular flexibility index (Phi) is 9.40. The lowest BCUT2D eigenvalue weighted by atomic mass is 9.98. The summed E-state index contributed by atoms with van der Waals surface area (Å²) in [6, 6.07) is 5.73. The van der Waals surface area contributed by atoms with Crippen LogP contribution in [0, 0.1) is 29.1 Å². The number of nitrogens with zero attached hydrogens (tertiary/aromatic N) is 2. The fraction of sp³-hybridized carbons (Fsp3) is 0.259. The highest BCUT2D eigenvalue weighted by molar-refractivity contribution is 7.46. The average Bonchev–Trinajstić information content (AvgIpc) is 2.92. The molecule has 3 N–H and O–H groups in total. The van der Waals surface area contributed by atoms with Crippen LogP contribution < -0.4 is 15.0 Å². The predicted molar refractivity (Wildman–Crippen MR) is 142 cm³/mol. The van der Waals surface area contributed by atoms with E-state index in [9.17, 15) is 27.3 Å². The summed E-state index contributed by atoms with van der Waals surface area (Å²) in [7, 11) is -3.26. The number of halogens is 5. The molecule has 16 heteroatoms. The maximum absolute atomic E-state index is 15.0. The van der Waals surface area contributed by atoms with Crippen molar-refractivity contribution in [2.24, 2.45) is 0 Å². The van der Waals surface area contributed by atoms with E-state index in [4.69, 9.17) is 14.5 Å². The molecule has 230 valence electrons. The third kappa shape index (κ3) is 7.31. The van der Waals surface area contributed by atoms with Gasteiger partial charge in [0.15, 0.2) is 0 Å². The lowest BCUT2D eigenvalue weighted by Crippen LogP contribution is -2.47. The number of phosphoric acid groups is 1. The number of amides is 3. The Morgan fingerprint density at radius 1 is 0.953 bits per heavy atom. The van der Waals surface area contributed by atoms with Crippen LogP contribution in [-0.2, 0) is 22.2 Å². The van der Waals surface area contributed by atoms with Crippen molar-refractivity contribution in [2.75, 3.05) is 25.2 Å². The molecule has 4 rings (SSSR count). The number of carbonyl (C=O) groups excluding carboxylic acids is 2. The molecule has 0 saturated carbocycles. The molecule has 0 spiro atoms. The molecular formula is C27H25F5N3O7P. The number of anilines is 1. The van der Waals surface area contributed by atoms with Gasteiger partial charge in [-0.05, 0) is 24.6 Å². The van der Waals surface area contributed by atoms with Crippen molar-refractivity contribution in [1.82, 2.24) is 10.2 Å². The first kappa shape index (κ1) is 31.9. The highest BCUT2D eigenvalue weighted by Gasteiger charge is 2.35. The van der Waals surface area contributed by atoms with Gasteiger partial charge in [0.1, 0.15) is 41.4 Å². The molecule has 0 radical (unpaired) electrons. The minimum Gasteiger partial charge on any atom is -0.491 e. The van der Waals surface area contributed by atoms with Crippen molar-refractivity contribution in [3.63, 3.8) is 0 Å². The Morgan fingerprint density at radius 3 is 2.16 bits per heavy atom. The van der Waals surface area contributed by atoms with Crippen LogP contribution in [0.25, 0.3) is 0 Å². The summed E-state index contributed by atoms with van der Waals surface area (Å²) >= 11 is 0. The Balaban J connectivity index is 1.57. The van der Waals surface area contributed by atoms with Crippen LogP contribution >= 0.6 is 7.82 Å². The standard InChI is InChI=1S/C27H25F5N3O7P/c1-14-18-4-3-15(26(36)33-12-19-21(29)8-16(28)9-22(19)30)7-25(18)35(27(37)34(14)2)13-20-23(31)10-17(11-24(20)32)41-5-6-42-43(38,39)40/h3-4,7-11,14H,5-6,12-13H2,1-2H3,(H,33,36)(H2,38,39,40)/t14-/m0/s1. The molecule has 0 saturated heterocycles. The van der Waals surface area contributed by atoms with Crippen molar-refractivity contribution in [3.8, 4) is 5.75 Å². The first-order chi connectivity index (χ1) is 20.2. The maximum atomic E-state index is 15.0. The number of rotatable bonds is 10. The lowest BCUT2D eigenvalue weighted by Gasteiger charge is -2.39. The van der Waals surface area contributed by atoms with Gasteiger partial charge in [0.25, 0.3) is 5.91 Å². The molecule has 0 bridgehead atoms. The molecule has 1 aliphatic rings. The van der Waals surface area contributed by atoms with Crippen molar-refractivity contribution in [2.45, 2.75) is 26.1 Å². The number of carbonyl (C=O) groups is 2. The van der Waals surface area contributed by atoms with E-state index in [2.05, 4.69) is 9.84 Å². The summed E-state index contributed by atoms with van der Waals surface area (Å²) in [6.45, 7) is -0.472. The number of benzene rings is 3.